The number of aliphatic hydroxyl groups excluding tert-OH is 1. The quantitative estimate of drug-likeness (QED) is 0.510. The molecule has 0 bridgehead atoms. The van der Waals surface area contributed by atoms with E-state index in [0.717, 1.165) is 0 Å². The number of nitrogens with two attached hydrogens (primary N) is 1. The minimum absolute atomic E-state index is 0.0806. The molecule has 3 aromatic rings. The molecule has 2 heterocycles. The Morgan fingerprint density at radius 3 is 2.78 bits per heavy atom. The molecule has 10 heteroatoms. The highest BCUT2D eigenvalue weighted by molar-refractivity contribution is 7.89. The summed E-state index contributed by atoms with van der Waals surface area (Å²) >= 11 is 6.34. The number of nitrogens with zero attached hydrogens (tertiary/aromatic N) is 2. The Bertz CT molecular complexity index is 1110. The van der Waals surface area contributed by atoms with Crippen LogP contribution in [0.3, 0.4) is 0 Å². The van der Waals surface area contributed by atoms with Crippen molar-refractivity contribution in [2.24, 2.45) is 5.92 Å². The summed E-state index contributed by atoms with van der Waals surface area (Å²) in [7, 11) is -3.68. The van der Waals surface area contributed by atoms with Crippen LogP contribution in [0, 0.1) is 5.92 Å². The van der Waals surface area contributed by atoms with Crippen LogP contribution < -0.4 is 10.5 Å². The summed E-state index contributed by atoms with van der Waals surface area (Å²) in [5.74, 6) is 0.452. The van der Waals surface area contributed by atoms with E-state index in [4.69, 9.17) is 22.4 Å². The van der Waals surface area contributed by atoms with Gasteiger partial charge in [0.15, 0.2) is 5.82 Å². The molecule has 4 rings (SSSR count). The van der Waals surface area contributed by atoms with E-state index in [1.54, 1.807) is 18.2 Å². The number of hydrogen-bond acceptors (Lipinski definition) is 6. The lowest BCUT2D eigenvalue weighted by Crippen LogP contribution is -2.45. The molecule has 1 fully saturated rings. The van der Waals surface area contributed by atoms with E-state index in [0.29, 0.717) is 35.1 Å². The van der Waals surface area contributed by atoms with Crippen molar-refractivity contribution in [1.82, 2.24) is 19.9 Å². The molecule has 142 valence electrons. The van der Waals surface area contributed by atoms with E-state index in [1.165, 1.54) is 12.1 Å². The van der Waals surface area contributed by atoms with Crippen LogP contribution in [0.5, 0.6) is 0 Å². The average molecular weight is 408 g/mol. The highest BCUT2D eigenvalue weighted by Crippen LogP contribution is 2.32. The Morgan fingerprint density at radius 2 is 2.07 bits per heavy atom. The number of aromatic nitrogens is 3. The summed E-state index contributed by atoms with van der Waals surface area (Å²) in [6.07, 6.45) is 1.27. The predicted octanol–water partition coefficient (Wildman–Crippen LogP) is 1.91. The zero-order chi connectivity index (χ0) is 19.2. The molecule has 1 aliphatic rings. The minimum Gasteiger partial charge on any atom is -0.396 e. The molecule has 8 nitrogen and oxygen atoms in total. The van der Waals surface area contributed by atoms with E-state index in [2.05, 4.69) is 19.9 Å². The van der Waals surface area contributed by atoms with Crippen LogP contribution in [0.4, 0.5) is 5.82 Å². The smallest absolute Gasteiger partial charge is 0.240 e. The van der Waals surface area contributed by atoms with Gasteiger partial charge in [-0.3, -0.25) is 5.10 Å². The van der Waals surface area contributed by atoms with Gasteiger partial charge in [0.25, 0.3) is 0 Å². The first kappa shape index (κ1) is 18.2. The number of nitrogens with one attached hydrogen (secondary N) is 2. The van der Waals surface area contributed by atoms with Crippen LogP contribution >= 0.6 is 11.6 Å². The highest BCUT2D eigenvalue weighted by atomic mass is 35.5. The SMILES string of the molecule is Nc1n[nH]c2ccc(-c3ccc(S(=O)(=O)NC4CC(CO)C4)cc3Cl)nc12. The van der Waals surface area contributed by atoms with E-state index in [9.17, 15) is 8.42 Å². The number of pyridine rings is 1. The topological polar surface area (TPSA) is 134 Å². The third-order valence-corrected chi connectivity index (χ3v) is 6.61. The number of aromatic amines is 1. The third-order valence-electron chi connectivity index (χ3n) is 4.78. The molecule has 2 aromatic heterocycles. The number of nitrogen functional groups attached to an aromatic ring is 1. The van der Waals surface area contributed by atoms with Crippen molar-refractivity contribution < 1.29 is 13.5 Å². The number of benzene rings is 1. The van der Waals surface area contributed by atoms with E-state index >= 15 is 0 Å². The Morgan fingerprint density at radius 1 is 1.30 bits per heavy atom. The number of H-pyrrole nitrogens is 1. The van der Waals surface area contributed by atoms with E-state index < -0.39 is 10.0 Å². The van der Waals surface area contributed by atoms with Gasteiger partial charge in [0.2, 0.25) is 10.0 Å². The Kier molecular flexibility index (Phi) is 4.55. The molecular formula is C17H18ClN5O3S. The molecule has 0 amide bonds. The van der Waals surface area contributed by atoms with Crippen molar-refractivity contribution in [1.29, 1.82) is 0 Å². The highest BCUT2D eigenvalue weighted by Gasteiger charge is 2.32. The van der Waals surface area contributed by atoms with Gasteiger partial charge in [0.1, 0.15) is 5.52 Å². The summed E-state index contributed by atoms with van der Waals surface area (Å²) in [5.41, 5.74) is 8.20. The molecule has 0 aliphatic heterocycles. The van der Waals surface area contributed by atoms with Crippen molar-refractivity contribution >= 4 is 38.5 Å². The van der Waals surface area contributed by atoms with Gasteiger partial charge < -0.3 is 10.8 Å². The molecule has 1 aromatic carbocycles. The Hall–Kier alpha value is -2.20. The fourth-order valence-electron chi connectivity index (χ4n) is 3.21. The zero-order valence-electron chi connectivity index (χ0n) is 14.2. The number of aliphatic hydroxyl groups is 1. The van der Waals surface area contributed by atoms with Crippen molar-refractivity contribution in [3.63, 3.8) is 0 Å². The van der Waals surface area contributed by atoms with Gasteiger partial charge in [-0.05, 0) is 49.1 Å². The van der Waals surface area contributed by atoms with E-state index in [-0.39, 0.29) is 34.3 Å². The fourth-order valence-corrected chi connectivity index (χ4v) is 4.84. The lowest BCUT2D eigenvalue weighted by Gasteiger charge is -2.34. The second-order valence-electron chi connectivity index (χ2n) is 6.68. The predicted molar refractivity (Wildman–Crippen MR) is 103 cm³/mol. The standard InChI is InChI=1S/C17H18ClN5O3S/c18-13-7-11(27(25,26)23-10-5-9(6-10)8-24)1-2-12(13)14-3-4-15-16(20-14)17(19)22-21-15/h1-4,7,9-10,23-24H,5-6,8H2,(H3,19,21,22). The molecule has 1 saturated carbocycles. The maximum absolute atomic E-state index is 12.5. The van der Waals surface area contributed by atoms with Crippen LogP contribution in [0.15, 0.2) is 35.2 Å². The molecule has 0 unspecified atom stereocenters. The van der Waals surface area contributed by atoms with E-state index in [1.807, 2.05) is 0 Å². The van der Waals surface area contributed by atoms with Gasteiger partial charge in [-0.25, -0.2) is 18.1 Å². The molecule has 1 aliphatic carbocycles. The van der Waals surface area contributed by atoms with Gasteiger partial charge in [0, 0.05) is 18.2 Å². The number of hydrogen-bond donors (Lipinski definition) is 4. The van der Waals surface area contributed by atoms with Gasteiger partial charge in [-0.2, -0.15) is 5.10 Å². The minimum atomic E-state index is -3.68. The zero-order valence-corrected chi connectivity index (χ0v) is 15.8. The maximum atomic E-state index is 12.5. The van der Waals surface area contributed by atoms with Crippen LogP contribution in [0.25, 0.3) is 22.3 Å². The first-order valence-electron chi connectivity index (χ1n) is 8.41. The van der Waals surface area contributed by atoms with Crippen molar-refractivity contribution in [2.45, 2.75) is 23.8 Å². The summed E-state index contributed by atoms with van der Waals surface area (Å²) in [6, 6.07) is 7.93. The Labute approximate surface area is 160 Å². The van der Waals surface area contributed by atoms with Crippen molar-refractivity contribution in [2.75, 3.05) is 12.3 Å². The van der Waals surface area contributed by atoms with Gasteiger partial charge in [-0.1, -0.05) is 11.6 Å². The van der Waals surface area contributed by atoms with Crippen LogP contribution in [0.2, 0.25) is 5.02 Å². The molecule has 0 radical (unpaired) electrons. The molecule has 0 saturated heterocycles. The summed E-state index contributed by atoms with van der Waals surface area (Å²) in [6.45, 7) is 0.0806. The first-order valence-corrected chi connectivity index (χ1v) is 10.3. The summed E-state index contributed by atoms with van der Waals surface area (Å²) in [4.78, 5) is 4.54. The largest absolute Gasteiger partial charge is 0.396 e. The van der Waals surface area contributed by atoms with Gasteiger partial charge in [0.05, 0.1) is 21.1 Å². The number of fused-ring (bicyclic) bond motifs is 1. The number of rotatable bonds is 5. The maximum Gasteiger partial charge on any atom is 0.240 e. The van der Waals surface area contributed by atoms with Crippen molar-refractivity contribution in [3.05, 3.63) is 35.4 Å². The molecule has 27 heavy (non-hydrogen) atoms. The van der Waals surface area contributed by atoms with Crippen LogP contribution in [0.1, 0.15) is 12.8 Å². The number of halogens is 1. The van der Waals surface area contributed by atoms with Crippen molar-refractivity contribution in [3.8, 4) is 11.3 Å². The summed E-state index contributed by atoms with van der Waals surface area (Å²) < 4.78 is 27.7. The van der Waals surface area contributed by atoms with Gasteiger partial charge >= 0.3 is 0 Å². The molecule has 0 atom stereocenters. The second-order valence-corrected chi connectivity index (χ2v) is 8.80. The Balaban J connectivity index is 1.61. The molecular weight excluding hydrogens is 390 g/mol. The second kappa shape index (κ2) is 6.75. The van der Waals surface area contributed by atoms with Gasteiger partial charge in [-0.15, -0.1) is 0 Å². The lowest BCUT2D eigenvalue weighted by molar-refractivity contribution is 0.137. The van der Waals surface area contributed by atoms with Crippen LogP contribution in [-0.4, -0.2) is 41.4 Å². The monoisotopic (exact) mass is 407 g/mol. The lowest BCUT2D eigenvalue weighted by atomic mass is 9.82. The number of anilines is 1. The van der Waals surface area contributed by atoms with Crippen LogP contribution in [-0.2, 0) is 10.0 Å². The molecule has 0 spiro atoms. The normalized spacial score (nSPS) is 19.9. The summed E-state index contributed by atoms with van der Waals surface area (Å²) in [5, 5.41) is 16.0. The first-order chi connectivity index (χ1) is 12.9. The molecule has 5 N–H and O–H groups in total. The average Bonchev–Trinajstić information content (AvgIpc) is 2.98. The third kappa shape index (κ3) is 3.39. The fraction of sp³-hybridized carbons (Fsp3) is 0.294. The number of sulfonamides is 1.